The second-order valence-electron chi connectivity index (χ2n) is 11.1. The van der Waals surface area contributed by atoms with Crippen LogP contribution in [0.5, 0.6) is 0 Å². The molecule has 35 heteroatoms. The van der Waals surface area contributed by atoms with Crippen LogP contribution in [0.3, 0.4) is 0 Å². The highest BCUT2D eigenvalue weighted by Gasteiger charge is 2.52. The molecule has 6 rings (SSSR count). The first-order valence-corrected chi connectivity index (χ1v) is 21.3. The van der Waals surface area contributed by atoms with Gasteiger partial charge in [-0.3, -0.25) is 18.2 Å². The summed E-state index contributed by atoms with van der Waals surface area (Å²) in [6.45, 7) is -2.40. The number of hydrogen-bond donors (Lipinski definition) is 9. The molecule has 4 aromatic heterocycles. The Balaban J connectivity index is 1.20. The van der Waals surface area contributed by atoms with Crippen molar-refractivity contribution in [2.24, 2.45) is 0 Å². The summed E-state index contributed by atoms with van der Waals surface area (Å²) in [5.74, 6) is -0.0876. The highest BCUT2D eigenvalue weighted by molar-refractivity contribution is 7.70. The molecule has 11 N–H and O–H groups in total. The van der Waals surface area contributed by atoms with Crippen LogP contribution in [0.15, 0.2) is 25.3 Å². The second-order valence-corrected chi connectivity index (χ2v) is 18.1. The van der Waals surface area contributed by atoms with E-state index in [2.05, 4.69) is 47.1 Å². The van der Waals surface area contributed by atoms with Gasteiger partial charge in [-0.25, -0.2) is 52.7 Å². The van der Waals surface area contributed by atoms with Crippen LogP contribution in [0.2, 0.25) is 0 Å². The molecular weight excluding hydrogens is 855 g/mol. The van der Waals surface area contributed by atoms with E-state index in [1.165, 1.54) is 0 Å². The van der Waals surface area contributed by atoms with Gasteiger partial charge in [-0.05, 0) is 0 Å². The molecule has 55 heavy (non-hydrogen) atoms. The van der Waals surface area contributed by atoms with Crippen molar-refractivity contribution in [3.63, 3.8) is 0 Å². The predicted molar refractivity (Wildman–Crippen MR) is 172 cm³/mol. The number of nitrogens with two attached hydrogens (primary N) is 2. The van der Waals surface area contributed by atoms with Gasteiger partial charge in [0.15, 0.2) is 35.4 Å². The standard InChI is InChI=1S/C20H27N10O20P5/c21-15-9-17(25-3-23-15)29(5-27-9)19-13(33)11(31)7(45-19)1-43-54(41,47-51-35)50-55(42,49-53(39,40)48-52(36,37)38)44-2-8-12(32)14(34)20(46-8)30-6-28-10-16(22)24-4-26-18(10)30/h3-8,11-14,19-20,31-34H,1-2H2,(H,39,40)(H2,21,23,25)(H2,22,24,26)(H2,36,37,38)/t7-,8-,11-,12-,13-,14-,19-,20-,54?,55?/m1/s1. The van der Waals surface area contributed by atoms with Crippen molar-refractivity contribution in [3.8, 4) is 0 Å². The monoisotopic (exact) mass is 882 g/mol. The molecule has 0 aromatic carbocycles. The minimum Gasteiger partial charge on any atom is -0.387 e. The number of fused-ring (bicyclic) bond motifs is 2. The number of ether oxygens (including phenoxy) is 2. The third-order valence-electron chi connectivity index (χ3n) is 7.54. The van der Waals surface area contributed by atoms with E-state index in [1.807, 2.05) is 0 Å². The molecule has 2 aliphatic heterocycles. The molecule has 11 atom stereocenters. The van der Waals surface area contributed by atoms with Gasteiger partial charge in [0.1, 0.15) is 60.3 Å². The quantitative estimate of drug-likeness (QED) is 0.0596. The minimum atomic E-state index is -6.24. The summed E-state index contributed by atoms with van der Waals surface area (Å²) in [7, 11) is -25.5. The smallest absolute Gasteiger partial charge is 0.387 e. The van der Waals surface area contributed by atoms with E-state index < -0.39 is 102 Å². The van der Waals surface area contributed by atoms with Crippen LogP contribution in [0, 0.1) is 0 Å². The lowest BCUT2D eigenvalue weighted by atomic mass is 10.1. The summed E-state index contributed by atoms with van der Waals surface area (Å²) < 4.78 is 103. The zero-order valence-corrected chi connectivity index (χ0v) is 31.2. The third kappa shape index (κ3) is 8.99. The van der Waals surface area contributed by atoms with Crippen molar-refractivity contribution in [1.82, 2.24) is 39.0 Å². The van der Waals surface area contributed by atoms with E-state index in [4.69, 9.17) is 39.8 Å². The van der Waals surface area contributed by atoms with Crippen LogP contribution in [-0.4, -0.2) is 124 Å². The van der Waals surface area contributed by atoms with Crippen LogP contribution in [0.25, 0.3) is 22.3 Å². The van der Waals surface area contributed by atoms with Gasteiger partial charge in [0.2, 0.25) is 0 Å². The van der Waals surface area contributed by atoms with Crippen LogP contribution >= 0.6 is 40.0 Å². The van der Waals surface area contributed by atoms with Crippen molar-refractivity contribution in [2.45, 2.75) is 49.1 Å². The van der Waals surface area contributed by atoms with Crippen molar-refractivity contribution < 1.29 is 93.7 Å². The lowest BCUT2D eigenvalue weighted by Gasteiger charge is -2.25. The largest absolute Gasteiger partial charge is 0.494 e. The number of phosphoric acid groups is 4. The molecule has 0 amide bonds. The fourth-order valence-corrected chi connectivity index (χ4v) is 11.2. The topological polar surface area (TPSA) is 440 Å². The van der Waals surface area contributed by atoms with Gasteiger partial charge >= 0.3 is 40.0 Å². The van der Waals surface area contributed by atoms with Crippen molar-refractivity contribution in [1.29, 1.82) is 0 Å². The molecule has 0 spiro atoms. The Morgan fingerprint density at radius 3 is 1.56 bits per heavy atom. The van der Waals surface area contributed by atoms with Crippen LogP contribution in [0.4, 0.5) is 11.6 Å². The normalized spacial score (nSPS) is 29.4. The fourth-order valence-electron chi connectivity index (χ4n) is 5.20. The molecule has 0 saturated carbocycles. The number of aliphatic hydroxyl groups is 4. The highest BCUT2D eigenvalue weighted by atomic mass is 31.3. The Bertz CT molecular complexity index is 2260. The number of hydrogen-bond acceptors (Lipinski definition) is 25. The van der Waals surface area contributed by atoms with Gasteiger partial charge < -0.3 is 56.0 Å². The fraction of sp³-hybridized carbons (Fsp3) is 0.500. The Hall–Kier alpha value is -2.88. The number of rotatable bonds is 16. The Morgan fingerprint density at radius 1 is 0.673 bits per heavy atom. The molecule has 3 unspecified atom stereocenters. The van der Waals surface area contributed by atoms with E-state index in [9.17, 15) is 48.1 Å². The lowest BCUT2D eigenvalue weighted by molar-refractivity contribution is -0.0527. The van der Waals surface area contributed by atoms with E-state index >= 15 is 0 Å². The molecule has 2 fully saturated rings. The number of imidazole rings is 2. The van der Waals surface area contributed by atoms with Crippen LogP contribution in [0.1, 0.15) is 12.5 Å². The average molecular weight is 882 g/mol. The van der Waals surface area contributed by atoms with Gasteiger partial charge in [-0.15, -0.1) is 0 Å². The third-order valence-corrected chi connectivity index (χ3v) is 14.4. The lowest BCUT2D eigenvalue weighted by Crippen LogP contribution is -2.34. The molecule has 2 saturated heterocycles. The number of nitrogen functional groups attached to an aromatic ring is 2. The number of aliphatic hydroxyl groups excluding tert-OH is 4. The maximum atomic E-state index is 13.8. The Labute approximate surface area is 305 Å². The van der Waals surface area contributed by atoms with Gasteiger partial charge in [0, 0.05) is 0 Å². The van der Waals surface area contributed by atoms with Gasteiger partial charge in [-0.2, -0.15) is 17.2 Å². The van der Waals surface area contributed by atoms with E-state index in [1.54, 1.807) is 0 Å². The summed E-state index contributed by atoms with van der Waals surface area (Å²) in [4.78, 5) is 51.6. The molecule has 4 aromatic rings. The number of aromatic nitrogens is 8. The van der Waals surface area contributed by atoms with Crippen LogP contribution in [-0.2, 0) is 58.6 Å². The zero-order valence-electron chi connectivity index (χ0n) is 26.7. The molecule has 30 nitrogen and oxygen atoms in total. The molecule has 302 valence electrons. The average Bonchev–Trinajstić information content (AvgIpc) is 3.84. The molecule has 0 bridgehead atoms. The first-order chi connectivity index (χ1) is 25.7. The van der Waals surface area contributed by atoms with Gasteiger partial charge in [0.05, 0.1) is 25.9 Å². The summed E-state index contributed by atoms with van der Waals surface area (Å²) >= 11 is 0. The van der Waals surface area contributed by atoms with E-state index in [0.717, 1.165) is 34.4 Å². The predicted octanol–water partition coefficient (Wildman–Crippen LogP) is -1.22. The van der Waals surface area contributed by atoms with E-state index in [0.29, 0.717) is 0 Å². The molecular formula is C20H27N10O20P5. The summed E-state index contributed by atoms with van der Waals surface area (Å²) in [6, 6.07) is 0. The molecule has 2 aliphatic rings. The molecule has 0 radical (unpaired) electrons. The number of nitrogens with zero attached hydrogens (tertiary/aromatic N) is 8. The second kappa shape index (κ2) is 15.8. The summed E-state index contributed by atoms with van der Waals surface area (Å²) in [6.07, 6.45) is -9.37. The van der Waals surface area contributed by atoms with Crippen molar-refractivity contribution >= 4 is 73.9 Å². The highest BCUT2D eigenvalue weighted by Crippen LogP contribution is 2.74. The maximum Gasteiger partial charge on any atom is 0.494 e. The molecule has 6 heterocycles. The van der Waals surface area contributed by atoms with Crippen LogP contribution < -0.4 is 11.5 Å². The Morgan fingerprint density at radius 2 is 1.13 bits per heavy atom. The van der Waals surface area contributed by atoms with Crippen molar-refractivity contribution in [2.75, 3.05) is 24.7 Å². The summed E-state index contributed by atoms with van der Waals surface area (Å²) in [5.41, 5.74) is 11.8. The maximum absolute atomic E-state index is 13.8. The SMILES string of the molecule is Nc1ncnc2c1ncn2[C@@H]1O[C@H](COP(=O)(OP=O)OP(=O)(OC[C@H]2O[C@@H](n3cnc4c(N)ncnc43)[C@H](O)[C@@H]2O)OP(=O)(O)OP(=O)(O)O)[C@@H](O)[C@H]1O. The van der Waals surface area contributed by atoms with Gasteiger partial charge in [0.25, 0.3) is 0 Å². The molecule has 0 aliphatic carbocycles. The number of anilines is 2. The van der Waals surface area contributed by atoms with Crippen molar-refractivity contribution in [3.05, 3.63) is 25.3 Å². The minimum absolute atomic E-state index is 0.0257. The zero-order chi connectivity index (χ0) is 40.1. The van der Waals surface area contributed by atoms with E-state index in [-0.39, 0.29) is 34.0 Å². The summed E-state index contributed by atoms with van der Waals surface area (Å²) in [5, 5.41) is 42.8. The Kier molecular flexibility index (Phi) is 12.0. The first kappa shape index (κ1) is 41.7. The van der Waals surface area contributed by atoms with Gasteiger partial charge in [-0.1, -0.05) is 0 Å². The first-order valence-electron chi connectivity index (χ1n) is 14.7.